The third-order valence-corrected chi connectivity index (χ3v) is 4.50. The Bertz CT molecular complexity index is 1030. The predicted molar refractivity (Wildman–Crippen MR) is 102 cm³/mol. The van der Waals surface area contributed by atoms with Crippen LogP contribution in [-0.2, 0) is 20.9 Å². The number of hydrogen-bond acceptors (Lipinski definition) is 4. The van der Waals surface area contributed by atoms with E-state index in [1.807, 2.05) is 0 Å². The Kier molecular flexibility index (Phi) is 4.96. The number of pyridine rings is 1. The normalized spacial score (nSPS) is 13.4. The highest BCUT2D eigenvalue weighted by Gasteiger charge is 2.35. The summed E-state index contributed by atoms with van der Waals surface area (Å²) in [5.74, 6) is -1.68. The van der Waals surface area contributed by atoms with Crippen molar-refractivity contribution in [2.24, 2.45) is 0 Å². The molecule has 27 heavy (non-hydrogen) atoms. The molecule has 0 bridgehead atoms. The van der Waals surface area contributed by atoms with E-state index in [-0.39, 0.29) is 18.6 Å². The third kappa shape index (κ3) is 3.41. The van der Waals surface area contributed by atoms with Crippen LogP contribution < -0.4 is 10.7 Å². The van der Waals surface area contributed by atoms with E-state index < -0.39 is 17.4 Å². The molecule has 0 saturated heterocycles. The van der Waals surface area contributed by atoms with E-state index in [9.17, 15) is 19.5 Å². The van der Waals surface area contributed by atoms with Crippen molar-refractivity contribution in [2.45, 2.75) is 19.0 Å². The summed E-state index contributed by atoms with van der Waals surface area (Å²) < 4.78 is 6.65. The average Bonchev–Trinajstić information content (AvgIpc) is 2.65. The lowest BCUT2D eigenvalue weighted by Crippen LogP contribution is -2.56. The van der Waals surface area contributed by atoms with Gasteiger partial charge in [-0.05, 0) is 31.2 Å². The highest BCUT2D eigenvalue weighted by molar-refractivity contribution is 5.95. The van der Waals surface area contributed by atoms with E-state index in [0.29, 0.717) is 21.8 Å². The van der Waals surface area contributed by atoms with Gasteiger partial charge in [-0.1, -0.05) is 24.3 Å². The summed E-state index contributed by atoms with van der Waals surface area (Å²) in [6.07, 6.45) is 0. The van der Waals surface area contributed by atoms with Crippen LogP contribution in [-0.4, -0.2) is 40.8 Å². The summed E-state index contributed by atoms with van der Waals surface area (Å²) in [5.41, 5.74) is -0.427. The van der Waals surface area contributed by atoms with Crippen LogP contribution in [0.1, 0.15) is 6.92 Å². The van der Waals surface area contributed by atoms with Gasteiger partial charge in [0, 0.05) is 17.9 Å². The van der Waals surface area contributed by atoms with Gasteiger partial charge in [0.15, 0.2) is 11.0 Å². The van der Waals surface area contributed by atoms with Gasteiger partial charge >= 0.3 is 5.97 Å². The molecule has 0 aliphatic carbocycles. The van der Waals surface area contributed by atoms with E-state index in [2.05, 4.69) is 5.32 Å². The molecule has 7 nitrogen and oxygen atoms in total. The van der Waals surface area contributed by atoms with Crippen molar-refractivity contribution in [3.63, 3.8) is 0 Å². The summed E-state index contributed by atoms with van der Waals surface area (Å²) in [5, 5.41) is 12.9. The number of carbonyl (C=O) groups is 2. The van der Waals surface area contributed by atoms with Gasteiger partial charge in [0.25, 0.3) is 0 Å². The molecule has 0 saturated carbocycles. The molecule has 2 aromatic carbocycles. The maximum atomic E-state index is 12.7. The predicted octanol–water partition coefficient (Wildman–Crippen LogP) is 1.76. The number of carbonyl (C=O) groups excluding carboxylic acids is 1. The summed E-state index contributed by atoms with van der Waals surface area (Å²) in [4.78, 5) is 36.9. The smallest absolute Gasteiger partial charge is 0.331 e. The Morgan fingerprint density at radius 3 is 2.07 bits per heavy atom. The van der Waals surface area contributed by atoms with Crippen molar-refractivity contribution >= 4 is 33.7 Å². The van der Waals surface area contributed by atoms with Crippen molar-refractivity contribution in [1.29, 1.82) is 0 Å². The first kappa shape index (κ1) is 18.6. The maximum Gasteiger partial charge on any atom is 0.331 e. The van der Waals surface area contributed by atoms with Gasteiger partial charge in [0.05, 0.1) is 17.6 Å². The average molecular weight is 368 g/mol. The molecule has 1 aromatic heterocycles. The van der Waals surface area contributed by atoms with Crippen molar-refractivity contribution in [2.75, 3.05) is 13.7 Å². The van der Waals surface area contributed by atoms with Crippen LogP contribution >= 0.6 is 0 Å². The summed E-state index contributed by atoms with van der Waals surface area (Å²) in [6, 6.07) is 14.1. The zero-order chi connectivity index (χ0) is 19.6. The summed E-state index contributed by atoms with van der Waals surface area (Å²) in [6.45, 7) is 1.09. The van der Waals surface area contributed by atoms with Crippen LogP contribution in [0.4, 0.5) is 0 Å². The lowest BCUT2D eigenvalue weighted by molar-refractivity contribution is -0.149. The fourth-order valence-electron chi connectivity index (χ4n) is 3.18. The van der Waals surface area contributed by atoms with Gasteiger partial charge < -0.3 is 19.7 Å². The standard InChI is InChI=1S/C20H20N2O5/c1-20(12-27-2,19(25)26)21-17(23)11-22-15-9-5-3-7-13(15)18(24)14-8-4-6-10-16(14)22/h3-10H,11-12H2,1-2H3,(H,21,23)(H,25,26). The highest BCUT2D eigenvalue weighted by Crippen LogP contribution is 2.19. The lowest BCUT2D eigenvalue weighted by atomic mass is 10.0. The number of benzene rings is 2. The zero-order valence-electron chi connectivity index (χ0n) is 15.1. The SMILES string of the molecule is COCC(C)(NC(=O)Cn1c2ccccc2c(=O)c2ccccc21)C(=O)O. The Hall–Kier alpha value is -3.19. The molecule has 2 N–H and O–H groups in total. The van der Waals surface area contributed by atoms with Crippen LogP contribution in [0.25, 0.3) is 21.8 Å². The summed E-state index contributed by atoms with van der Waals surface area (Å²) >= 11 is 0. The number of amides is 1. The molecule has 0 aliphatic heterocycles. The van der Waals surface area contributed by atoms with E-state index >= 15 is 0 Å². The zero-order valence-corrected chi connectivity index (χ0v) is 15.1. The van der Waals surface area contributed by atoms with Gasteiger partial charge in [0.2, 0.25) is 5.91 Å². The number of nitrogens with zero attached hydrogens (tertiary/aromatic N) is 1. The Morgan fingerprint density at radius 2 is 1.59 bits per heavy atom. The summed E-state index contributed by atoms with van der Waals surface area (Å²) in [7, 11) is 1.37. The van der Waals surface area contributed by atoms with Crippen molar-refractivity contribution in [1.82, 2.24) is 9.88 Å². The number of fused-ring (bicyclic) bond motifs is 2. The Balaban J connectivity index is 2.08. The van der Waals surface area contributed by atoms with Crippen LogP contribution in [0.2, 0.25) is 0 Å². The van der Waals surface area contributed by atoms with Gasteiger partial charge in [0.1, 0.15) is 6.54 Å². The van der Waals surface area contributed by atoms with Crippen LogP contribution in [0.15, 0.2) is 53.3 Å². The number of para-hydroxylation sites is 2. The highest BCUT2D eigenvalue weighted by atomic mass is 16.5. The molecular weight excluding hydrogens is 348 g/mol. The third-order valence-electron chi connectivity index (χ3n) is 4.50. The van der Waals surface area contributed by atoms with Gasteiger partial charge in [-0.25, -0.2) is 4.79 Å². The largest absolute Gasteiger partial charge is 0.479 e. The lowest BCUT2D eigenvalue weighted by Gasteiger charge is -2.26. The second-order valence-corrected chi connectivity index (χ2v) is 6.57. The van der Waals surface area contributed by atoms with E-state index in [0.717, 1.165) is 0 Å². The molecule has 140 valence electrons. The van der Waals surface area contributed by atoms with Crippen LogP contribution in [0.3, 0.4) is 0 Å². The van der Waals surface area contributed by atoms with Crippen LogP contribution in [0.5, 0.6) is 0 Å². The second-order valence-electron chi connectivity index (χ2n) is 6.57. The van der Waals surface area contributed by atoms with E-state index in [1.165, 1.54) is 14.0 Å². The number of aromatic nitrogens is 1. The molecule has 0 spiro atoms. The molecule has 1 unspecified atom stereocenters. The number of nitrogens with one attached hydrogen (secondary N) is 1. The Morgan fingerprint density at radius 1 is 1.07 bits per heavy atom. The van der Waals surface area contributed by atoms with Crippen molar-refractivity contribution < 1.29 is 19.4 Å². The monoisotopic (exact) mass is 368 g/mol. The minimum Gasteiger partial charge on any atom is -0.479 e. The molecule has 1 heterocycles. The van der Waals surface area contributed by atoms with Crippen LogP contribution in [0, 0.1) is 0 Å². The van der Waals surface area contributed by atoms with Crippen molar-refractivity contribution in [3.8, 4) is 0 Å². The quantitative estimate of drug-likeness (QED) is 0.646. The number of ether oxygens (including phenoxy) is 1. The topological polar surface area (TPSA) is 97.6 Å². The van der Waals surface area contributed by atoms with E-state index in [4.69, 9.17) is 4.74 Å². The molecule has 0 fully saturated rings. The molecule has 7 heteroatoms. The number of hydrogen-bond donors (Lipinski definition) is 2. The minimum absolute atomic E-state index is 0.104. The molecule has 0 aliphatic rings. The fourth-order valence-corrected chi connectivity index (χ4v) is 3.18. The molecule has 0 radical (unpaired) electrons. The van der Waals surface area contributed by atoms with Gasteiger partial charge in [-0.3, -0.25) is 9.59 Å². The number of carboxylic acids is 1. The molecular formula is C20H20N2O5. The first-order chi connectivity index (χ1) is 12.9. The Labute approximate surface area is 155 Å². The maximum absolute atomic E-state index is 12.7. The fraction of sp³-hybridized carbons (Fsp3) is 0.250. The van der Waals surface area contributed by atoms with Crippen molar-refractivity contribution in [3.05, 3.63) is 58.8 Å². The molecule has 1 amide bonds. The number of methoxy groups -OCH3 is 1. The van der Waals surface area contributed by atoms with Gasteiger partial charge in [-0.2, -0.15) is 0 Å². The first-order valence-electron chi connectivity index (χ1n) is 8.41. The minimum atomic E-state index is -1.55. The van der Waals surface area contributed by atoms with Gasteiger partial charge in [-0.15, -0.1) is 0 Å². The number of rotatable bonds is 6. The molecule has 3 aromatic rings. The molecule has 1 atom stereocenters. The molecule has 3 rings (SSSR count). The number of aliphatic carboxylic acids is 1. The second kappa shape index (κ2) is 7.20. The number of carboxylic acid groups (broad SMARTS) is 1. The first-order valence-corrected chi connectivity index (χ1v) is 8.41. The van der Waals surface area contributed by atoms with E-state index in [1.54, 1.807) is 53.1 Å².